The van der Waals surface area contributed by atoms with Crippen molar-refractivity contribution in [2.45, 2.75) is 18.9 Å². The van der Waals surface area contributed by atoms with E-state index in [-0.39, 0.29) is 12.1 Å². The quantitative estimate of drug-likeness (QED) is 0.672. The molecule has 0 spiro atoms. The van der Waals surface area contributed by atoms with E-state index in [1.807, 2.05) is 11.0 Å². The van der Waals surface area contributed by atoms with E-state index in [9.17, 15) is 13.6 Å². The Labute approximate surface area is 177 Å². The summed E-state index contributed by atoms with van der Waals surface area (Å²) in [6.07, 6.45) is 3.12. The standard InChI is InChI=1S/C21H23F2N7O/c22-14-3-4-16(23)15(12-14)17-2-1-9-29(17)19-6-5-18-25-13-20(30(18)27-19)26-21(31)28-10-7-24-8-11-28/h3-6,12-13,17,24H,1-2,7-11H2,(H,26,31). The minimum atomic E-state index is -0.459. The zero-order valence-corrected chi connectivity index (χ0v) is 16.9. The van der Waals surface area contributed by atoms with Crippen molar-refractivity contribution in [2.24, 2.45) is 0 Å². The number of rotatable bonds is 3. The molecule has 2 saturated heterocycles. The summed E-state index contributed by atoms with van der Waals surface area (Å²) in [5.74, 6) is 0.201. The van der Waals surface area contributed by atoms with E-state index < -0.39 is 11.6 Å². The lowest BCUT2D eigenvalue weighted by Crippen LogP contribution is -2.48. The Bertz CT molecular complexity index is 1110. The van der Waals surface area contributed by atoms with Crippen LogP contribution in [0.2, 0.25) is 0 Å². The summed E-state index contributed by atoms with van der Waals surface area (Å²) in [5.41, 5.74) is 0.921. The Morgan fingerprint density at radius 2 is 1.97 bits per heavy atom. The van der Waals surface area contributed by atoms with Crippen LogP contribution in [0.1, 0.15) is 24.4 Å². The molecule has 8 nitrogen and oxygen atoms in total. The number of piperazine rings is 1. The molecule has 10 heteroatoms. The van der Waals surface area contributed by atoms with Gasteiger partial charge < -0.3 is 15.1 Å². The van der Waals surface area contributed by atoms with Gasteiger partial charge in [0.05, 0.1) is 12.2 Å². The van der Waals surface area contributed by atoms with Gasteiger partial charge in [0.2, 0.25) is 0 Å². The van der Waals surface area contributed by atoms with Gasteiger partial charge in [-0.05, 0) is 43.2 Å². The summed E-state index contributed by atoms with van der Waals surface area (Å²) in [4.78, 5) is 20.6. The zero-order valence-electron chi connectivity index (χ0n) is 16.9. The molecular weight excluding hydrogens is 404 g/mol. The Morgan fingerprint density at radius 3 is 2.81 bits per heavy atom. The Morgan fingerprint density at radius 1 is 1.13 bits per heavy atom. The summed E-state index contributed by atoms with van der Waals surface area (Å²) in [7, 11) is 0. The number of nitrogens with zero attached hydrogens (tertiary/aromatic N) is 5. The number of anilines is 2. The molecule has 2 aliphatic rings. The van der Waals surface area contributed by atoms with Crippen LogP contribution >= 0.6 is 0 Å². The lowest BCUT2D eigenvalue weighted by molar-refractivity contribution is 0.203. The summed E-state index contributed by atoms with van der Waals surface area (Å²) in [6, 6.07) is 6.67. The lowest BCUT2D eigenvalue weighted by atomic mass is 10.0. The van der Waals surface area contributed by atoms with Gasteiger partial charge in [-0.25, -0.2) is 18.6 Å². The van der Waals surface area contributed by atoms with Gasteiger partial charge in [0.1, 0.15) is 17.5 Å². The molecule has 0 aliphatic carbocycles. The van der Waals surface area contributed by atoms with Crippen molar-refractivity contribution in [3.8, 4) is 0 Å². The van der Waals surface area contributed by atoms with Crippen molar-refractivity contribution in [2.75, 3.05) is 42.9 Å². The highest BCUT2D eigenvalue weighted by molar-refractivity contribution is 5.88. The zero-order chi connectivity index (χ0) is 21.4. The largest absolute Gasteiger partial charge is 0.348 e. The molecule has 162 valence electrons. The molecule has 0 bridgehead atoms. The molecule has 3 aromatic rings. The van der Waals surface area contributed by atoms with Gasteiger partial charge in [0.25, 0.3) is 0 Å². The van der Waals surface area contributed by atoms with Crippen LogP contribution in [-0.4, -0.2) is 58.3 Å². The van der Waals surface area contributed by atoms with Crippen LogP contribution < -0.4 is 15.5 Å². The Hall–Kier alpha value is -3.27. The second-order valence-electron chi connectivity index (χ2n) is 7.79. The average Bonchev–Trinajstić information content (AvgIpc) is 3.43. The first-order valence-electron chi connectivity index (χ1n) is 10.4. The van der Waals surface area contributed by atoms with Gasteiger partial charge >= 0.3 is 6.03 Å². The molecule has 1 atom stereocenters. The van der Waals surface area contributed by atoms with Crippen LogP contribution in [0.4, 0.5) is 25.2 Å². The number of fused-ring (bicyclic) bond motifs is 1. The predicted molar refractivity (Wildman–Crippen MR) is 112 cm³/mol. The third-order valence-electron chi connectivity index (χ3n) is 5.85. The topological polar surface area (TPSA) is 77.8 Å². The number of carbonyl (C=O) groups is 1. The van der Waals surface area contributed by atoms with Crippen molar-refractivity contribution in [1.82, 2.24) is 24.8 Å². The maximum atomic E-state index is 14.4. The number of nitrogens with one attached hydrogen (secondary N) is 2. The molecule has 2 aromatic heterocycles. The number of hydrogen-bond acceptors (Lipinski definition) is 5. The van der Waals surface area contributed by atoms with Crippen LogP contribution in [0.5, 0.6) is 0 Å². The van der Waals surface area contributed by atoms with E-state index >= 15 is 0 Å². The molecule has 5 rings (SSSR count). The van der Waals surface area contributed by atoms with Crippen LogP contribution in [-0.2, 0) is 0 Å². The fourth-order valence-corrected chi connectivity index (χ4v) is 4.29. The molecule has 31 heavy (non-hydrogen) atoms. The van der Waals surface area contributed by atoms with Gasteiger partial charge in [-0.3, -0.25) is 5.32 Å². The minimum Gasteiger partial charge on any atom is -0.348 e. The maximum Gasteiger partial charge on any atom is 0.323 e. The second kappa shape index (κ2) is 8.10. The average molecular weight is 427 g/mol. The molecule has 0 radical (unpaired) electrons. The number of aromatic nitrogens is 3. The first-order chi connectivity index (χ1) is 15.1. The Kier molecular flexibility index (Phi) is 5.14. The predicted octanol–water partition coefficient (Wildman–Crippen LogP) is 2.79. The highest BCUT2D eigenvalue weighted by Crippen LogP contribution is 2.36. The first kappa shape index (κ1) is 19.7. The normalized spacial score (nSPS) is 19.2. The number of carbonyl (C=O) groups excluding carboxylic acids is 1. The van der Waals surface area contributed by atoms with Crippen LogP contribution in [0.25, 0.3) is 5.65 Å². The van der Waals surface area contributed by atoms with Crippen LogP contribution in [0, 0.1) is 11.6 Å². The number of benzene rings is 1. The molecule has 2 amide bonds. The summed E-state index contributed by atoms with van der Waals surface area (Å²) in [6.45, 7) is 3.47. The van der Waals surface area contributed by atoms with Crippen molar-refractivity contribution in [3.63, 3.8) is 0 Å². The van der Waals surface area contributed by atoms with E-state index in [4.69, 9.17) is 0 Å². The first-order valence-corrected chi connectivity index (χ1v) is 10.4. The van der Waals surface area contributed by atoms with Crippen molar-refractivity contribution < 1.29 is 13.6 Å². The van der Waals surface area contributed by atoms with E-state index in [0.29, 0.717) is 48.9 Å². The molecule has 2 N–H and O–H groups in total. The number of urea groups is 1. The van der Waals surface area contributed by atoms with Gasteiger partial charge in [0.15, 0.2) is 11.5 Å². The second-order valence-corrected chi connectivity index (χ2v) is 7.79. The molecular formula is C21H23F2N7O. The molecule has 1 aromatic carbocycles. The summed E-state index contributed by atoms with van der Waals surface area (Å²) < 4.78 is 29.8. The summed E-state index contributed by atoms with van der Waals surface area (Å²) in [5, 5.41) is 10.8. The van der Waals surface area contributed by atoms with E-state index in [1.165, 1.54) is 6.07 Å². The fourth-order valence-electron chi connectivity index (χ4n) is 4.29. The van der Waals surface area contributed by atoms with E-state index in [1.54, 1.807) is 21.7 Å². The smallest absolute Gasteiger partial charge is 0.323 e. The molecule has 0 saturated carbocycles. The molecule has 1 unspecified atom stereocenters. The third kappa shape index (κ3) is 3.78. The number of amides is 2. The van der Waals surface area contributed by atoms with Crippen molar-refractivity contribution in [3.05, 3.63) is 53.7 Å². The third-order valence-corrected chi connectivity index (χ3v) is 5.85. The van der Waals surface area contributed by atoms with Crippen LogP contribution in [0.3, 0.4) is 0 Å². The molecule has 2 fully saturated rings. The highest BCUT2D eigenvalue weighted by Gasteiger charge is 2.30. The number of halogens is 2. The molecule has 4 heterocycles. The molecule has 2 aliphatic heterocycles. The summed E-state index contributed by atoms with van der Waals surface area (Å²) >= 11 is 0. The van der Waals surface area contributed by atoms with Gasteiger partial charge in [-0.1, -0.05) is 0 Å². The van der Waals surface area contributed by atoms with Gasteiger partial charge in [-0.2, -0.15) is 4.52 Å². The van der Waals surface area contributed by atoms with Crippen molar-refractivity contribution >= 4 is 23.3 Å². The maximum absolute atomic E-state index is 14.4. The number of hydrogen-bond donors (Lipinski definition) is 2. The lowest BCUT2D eigenvalue weighted by Gasteiger charge is -2.27. The minimum absolute atomic E-state index is 0.198. The fraction of sp³-hybridized carbons (Fsp3) is 0.381. The highest BCUT2D eigenvalue weighted by atomic mass is 19.1. The van der Waals surface area contributed by atoms with Gasteiger partial charge in [-0.15, -0.1) is 5.10 Å². The number of imidazole rings is 1. The van der Waals surface area contributed by atoms with E-state index in [2.05, 4.69) is 20.7 Å². The van der Waals surface area contributed by atoms with Crippen molar-refractivity contribution in [1.29, 1.82) is 0 Å². The SMILES string of the molecule is O=C(Nc1cnc2ccc(N3CCCC3c3cc(F)ccc3F)nn12)N1CCNCC1. The van der Waals surface area contributed by atoms with Gasteiger partial charge in [0, 0.05) is 38.3 Å². The van der Waals surface area contributed by atoms with Crippen LogP contribution in [0.15, 0.2) is 36.5 Å². The van der Waals surface area contributed by atoms with E-state index in [0.717, 1.165) is 31.6 Å². The monoisotopic (exact) mass is 427 g/mol. The Balaban J connectivity index is 1.43.